The fourth-order valence-electron chi connectivity index (χ4n) is 3.69. The van der Waals surface area contributed by atoms with Crippen molar-refractivity contribution in [2.75, 3.05) is 27.3 Å². The second kappa shape index (κ2) is 10.1. The second-order valence-electron chi connectivity index (χ2n) is 7.05. The van der Waals surface area contributed by atoms with Gasteiger partial charge in [0, 0.05) is 37.9 Å². The van der Waals surface area contributed by atoms with Crippen molar-refractivity contribution in [1.29, 1.82) is 0 Å². The molecule has 0 aliphatic carbocycles. The first-order valence-corrected chi connectivity index (χ1v) is 9.81. The SMILES string of the molecule is COc1ccc(CCN2C(=O)CC[C@@H]2CCNCc2cccnc2)cc1OC. The van der Waals surface area contributed by atoms with Crippen LogP contribution in [0.5, 0.6) is 11.5 Å². The first-order chi connectivity index (χ1) is 13.7. The van der Waals surface area contributed by atoms with Gasteiger partial charge in [0.2, 0.25) is 5.91 Å². The second-order valence-corrected chi connectivity index (χ2v) is 7.05. The Morgan fingerprint density at radius 1 is 1.18 bits per heavy atom. The largest absolute Gasteiger partial charge is 0.493 e. The van der Waals surface area contributed by atoms with Gasteiger partial charge in [0.15, 0.2) is 11.5 Å². The van der Waals surface area contributed by atoms with E-state index in [9.17, 15) is 4.79 Å². The number of methoxy groups -OCH3 is 2. The molecule has 2 heterocycles. The van der Waals surface area contributed by atoms with E-state index in [-0.39, 0.29) is 5.91 Å². The van der Waals surface area contributed by atoms with Crippen molar-refractivity contribution in [2.45, 2.75) is 38.3 Å². The molecule has 0 radical (unpaired) electrons. The van der Waals surface area contributed by atoms with E-state index in [1.54, 1.807) is 20.4 Å². The van der Waals surface area contributed by atoms with Gasteiger partial charge in [-0.15, -0.1) is 0 Å². The molecule has 3 rings (SSSR count). The smallest absolute Gasteiger partial charge is 0.222 e. The predicted molar refractivity (Wildman–Crippen MR) is 109 cm³/mol. The van der Waals surface area contributed by atoms with Gasteiger partial charge in [-0.3, -0.25) is 9.78 Å². The van der Waals surface area contributed by atoms with Crippen LogP contribution < -0.4 is 14.8 Å². The number of nitrogens with zero attached hydrogens (tertiary/aromatic N) is 2. The lowest BCUT2D eigenvalue weighted by Gasteiger charge is -2.25. The van der Waals surface area contributed by atoms with Gasteiger partial charge in [-0.05, 0) is 55.1 Å². The van der Waals surface area contributed by atoms with Crippen LogP contribution in [-0.4, -0.2) is 49.1 Å². The number of aromatic nitrogens is 1. The summed E-state index contributed by atoms with van der Waals surface area (Å²) in [5, 5.41) is 3.46. The number of likely N-dealkylation sites (tertiary alicyclic amines) is 1. The van der Waals surface area contributed by atoms with Crippen molar-refractivity contribution in [3.8, 4) is 11.5 Å². The third-order valence-corrected chi connectivity index (χ3v) is 5.25. The van der Waals surface area contributed by atoms with E-state index < -0.39 is 0 Å². The Morgan fingerprint density at radius 3 is 2.79 bits per heavy atom. The average molecular weight is 383 g/mol. The number of nitrogens with one attached hydrogen (secondary N) is 1. The molecule has 1 saturated heterocycles. The van der Waals surface area contributed by atoms with Gasteiger partial charge in [-0.1, -0.05) is 12.1 Å². The summed E-state index contributed by atoms with van der Waals surface area (Å²) in [5.74, 6) is 1.71. The number of pyridine rings is 1. The van der Waals surface area contributed by atoms with Crippen LogP contribution in [0.1, 0.15) is 30.4 Å². The molecule has 1 amide bonds. The number of carbonyl (C=O) groups excluding carboxylic acids is 1. The van der Waals surface area contributed by atoms with Gasteiger partial charge in [0.1, 0.15) is 0 Å². The van der Waals surface area contributed by atoms with Crippen molar-refractivity contribution in [1.82, 2.24) is 15.2 Å². The summed E-state index contributed by atoms with van der Waals surface area (Å²) in [5.41, 5.74) is 2.32. The highest BCUT2D eigenvalue weighted by Gasteiger charge is 2.29. The molecule has 0 bridgehead atoms. The van der Waals surface area contributed by atoms with E-state index >= 15 is 0 Å². The first kappa shape index (κ1) is 20.1. The van der Waals surface area contributed by atoms with Gasteiger partial charge in [0.25, 0.3) is 0 Å². The maximum Gasteiger partial charge on any atom is 0.222 e. The van der Waals surface area contributed by atoms with E-state index in [1.807, 2.05) is 35.4 Å². The number of hydrogen-bond donors (Lipinski definition) is 1. The van der Waals surface area contributed by atoms with Crippen molar-refractivity contribution in [3.05, 3.63) is 53.9 Å². The molecule has 0 spiro atoms. The zero-order chi connectivity index (χ0) is 19.8. The van der Waals surface area contributed by atoms with Crippen LogP contribution in [0.4, 0.5) is 0 Å². The normalized spacial score (nSPS) is 16.4. The Balaban J connectivity index is 1.48. The number of amides is 1. The lowest BCUT2D eigenvalue weighted by molar-refractivity contribution is -0.129. The molecule has 28 heavy (non-hydrogen) atoms. The molecule has 0 unspecified atom stereocenters. The van der Waals surface area contributed by atoms with Crippen LogP contribution in [0, 0.1) is 0 Å². The fourth-order valence-corrected chi connectivity index (χ4v) is 3.69. The predicted octanol–water partition coefficient (Wildman–Crippen LogP) is 2.81. The standard InChI is InChI=1S/C22H29N3O3/c1-27-20-7-5-17(14-21(20)28-2)10-13-25-19(6-8-22(25)26)9-12-24-16-18-4-3-11-23-15-18/h3-5,7,11,14-15,19,24H,6,8-10,12-13,16H2,1-2H3/t19-/m1/s1. The van der Waals surface area contributed by atoms with Gasteiger partial charge in [-0.25, -0.2) is 0 Å². The minimum atomic E-state index is 0.262. The Bertz CT molecular complexity index is 767. The molecule has 1 aliphatic heterocycles. The van der Waals surface area contributed by atoms with Gasteiger partial charge >= 0.3 is 0 Å². The molecule has 1 aromatic carbocycles. The minimum absolute atomic E-state index is 0.262. The highest BCUT2D eigenvalue weighted by Crippen LogP contribution is 2.28. The third-order valence-electron chi connectivity index (χ3n) is 5.25. The number of hydrogen-bond acceptors (Lipinski definition) is 5. The highest BCUT2D eigenvalue weighted by atomic mass is 16.5. The maximum absolute atomic E-state index is 12.3. The van der Waals surface area contributed by atoms with E-state index in [1.165, 1.54) is 5.56 Å². The van der Waals surface area contributed by atoms with Gasteiger partial charge in [-0.2, -0.15) is 0 Å². The quantitative estimate of drug-likeness (QED) is 0.639. The highest BCUT2D eigenvalue weighted by molar-refractivity contribution is 5.78. The van der Waals surface area contributed by atoms with Gasteiger partial charge < -0.3 is 19.7 Å². The van der Waals surface area contributed by atoms with Crippen LogP contribution in [0.3, 0.4) is 0 Å². The summed E-state index contributed by atoms with van der Waals surface area (Å²) < 4.78 is 10.7. The molecule has 2 aromatic rings. The molecule has 1 fully saturated rings. The Hall–Kier alpha value is -2.60. The van der Waals surface area contributed by atoms with Crippen LogP contribution in [0.15, 0.2) is 42.7 Å². The zero-order valence-corrected chi connectivity index (χ0v) is 16.7. The third kappa shape index (κ3) is 5.23. The number of rotatable bonds is 10. The van der Waals surface area contributed by atoms with E-state index in [0.29, 0.717) is 12.5 Å². The summed E-state index contributed by atoms with van der Waals surface area (Å²) in [4.78, 5) is 18.5. The Kier molecular flexibility index (Phi) is 7.25. The van der Waals surface area contributed by atoms with E-state index in [2.05, 4.69) is 16.4 Å². The lowest BCUT2D eigenvalue weighted by atomic mass is 10.1. The maximum atomic E-state index is 12.3. The summed E-state index contributed by atoms with van der Waals surface area (Å²) in [6, 6.07) is 10.3. The van der Waals surface area contributed by atoms with Crippen molar-refractivity contribution in [2.24, 2.45) is 0 Å². The number of benzene rings is 1. The first-order valence-electron chi connectivity index (χ1n) is 9.81. The summed E-state index contributed by atoms with van der Waals surface area (Å²) >= 11 is 0. The van der Waals surface area contributed by atoms with Crippen LogP contribution in [0.2, 0.25) is 0 Å². The van der Waals surface area contributed by atoms with Gasteiger partial charge in [0.05, 0.1) is 14.2 Å². The van der Waals surface area contributed by atoms with E-state index in [4.69, 9.17) is 9.47 Å². The molecule has 0 saturated carbocycles. The summed E-state index contributed by atoms with van der Waals surface area (Å²) in [7, 11) is 3.27. The molecule has 150 valence electrons. The molecule has 1 aliphatic rings. The Morgan fingerprint density at radius 2 is 2.04 bits per heavy atom. The monoisotopic (exact) mass is 383 g/mol. The fraction of sp³-hybridized carbons (Fsp3) is 0.455. The molecular weight excluding hydrogens is 354 g/mol. The van der Waals surface area contributed by atoms with Crippen molar-refractivity contribution in [3.63, 3.8) is 0 Å². The Labute approximate surface area is 166 Å². The average Bonchev–Trinajstić information content (AvgIpc) is 3.09. The molecule has 1 atom stereocenters. The molecule has 1 aromatic heterocycles. The molecular formula is C22H29N3O3. The molecule has 6 heteroatoms. The zero-order valence-electron chi connectivity index (χ0n) is 16.7. The number of ether oxygens (including phenoxy) is 2. The van der Waals surface area contributed by atoms with E-state index in [0.717, 1.165) is 56.0 Å². The van der Waals surface area contributed by atoms with Crippen molar-refractivity contribution < 1.29 is 14.3 Å². The van der Waals surface area contributed by atoms with Crippen LogP contribution in [-0.2, 0) is 17.8 Å². The summed E-state index contributed by atoms with van der Waals surface area (Å²) in [6.45, 7) is 2.43. The minimum Gasteiger partial charge on any atom is -0.493 e. The lowest BCUT2D eigenvalue weighted by Crippen LogP contribution is -2.36. The summed E-state index contributed by atoms with van der Waals surface area (Å²) in [6.07, 6.45) is 7.04. The van der Waals surface area contributed by atoms with Crippen LogP contribution >= 0.6 is 0 Å². The van der Waals surface area contributed by atoms with Crippen molar-refractivity contribution >= 4 is 5.91 Å². The van der Waals surface area contributed by atoms with Crippen LogP contribution in [0.25, 0.3) is 0 Å². The topological polar surface area (TPSA) is 63.7 Å². The number of carbonyl (C=O) groups is 1. The molecule has 6 nitrogen and oxygen atoms in total. The molecule has 1 N–H and O–H groups in total.